The summed E-state index contributed by atoms with van der Waals surface area (Å²) in [6.07, 6.45) is 1.88. The Morgan fingerprint density at radius 1 is 1.33 bits per heavy atom. The van der Waals surface area contributed by atoms with Crippen molar-refractivity contribution in [1.29, 1.82) is 0 Å². The number of aryl methyl sites for hydroxylation is 2. The molecule has 0 spiro atoms. The summed E-state index contributed by atoms with van der Waals surface area (Å²) in [5, 5.41) is 3.36. The lowest BCUT2D eigenvalue weighted by molar-refractivity contribution is 0.0252. The normalized spacial score (nSPS) is 17.7. The monoisotopic (exact) mass is 366 g/mol. The lowest BCUT2D eigenvalue weighted by Gasteiger charge is -2.23. The molecule has 4 heterocycles. The van der Waals surface area contributed by atoms with Gasteiger partial charge < -0.3 is 19.6 Å². The van der Waals surface area contributed by atoms with Crippen LogP contribution in [-0.2, 0) is 11.8 Å². The Labute approximate surface area is 158 Å². The van der Waals surface area contributed by atoms with E-state index >= 15 is 0 Å². The van der Waals surface area contributed by atoms with Crippen LogP contribution in [0.1, 0.15) is 42.7 Å². The smallest absolute Gasteiger partial charge is 0.253 e. The molecule has 0 radical (unpaired) electrons. The van der Waals surface area contributed by atoms with Crippen LogP contribution in [-0.4, -0.2) is 34.2 Å². The molecule has 2 N–H and O–H groups in total. The zero-order valence-corrected chi connectivity index (χ0v) is 16.3. The number of hydrogen-bond donors (Lipinski definition) is 2. The van der Waals surface area contributed by atoms with E-state index in [1.54, 1.807) is 11.6 Å². The average Bonchev–Trinajstić information content (AvgIpc) is 3.05. The molecular formula is C21H26N4O2. The highest BCUT2D eigenvalue weighted by Gasteiger charge is 2.22. The minimum atomic E-state index is -0.0127. The number of aromatic amines is 1. The van der Waals surface area contributed by atoms with E-state index in [2.05, 4.69) is 30.2 Å². The summed E-state index contributed by atoms with van der Waals surface area (Å²) in [5.74, 6) is 0.291. The fraction of sp³-hybridized carbons (Fsp3) is 0.429. The third-order valence-electron chi connectivity index (χ3n) is 5.19. The van der Waals surface area contributed by atoms with E-state index in [-0.39, 0.29) is 11.7 Å². The maximum absolute atomic E-state index is 12.1. The minimum Gasteiger partial charge on any atom is -0.369 e. The molecule has 0 aromatic carbocycles. The molecule has 4 rings (SSSR count). The van der Waals surface area contributed by atoms with Gasteiger partial charge in [0.2, 0.25) is 0 Å². The number of morpholine rings is 1. The summed E-state index contributed by atoms with van der Waals surface area (Å²) in [6, 6.07) is 6.07. The summed E-state index contributed by atoms with van der Waals surface area (Å²) >= 11 is 0. The molecule has 0 bridgehead atoms. The topological polar surface area (TPSA) is 71.9 Å². The van der Waals surface area contributed by atoms with Crippen LogP contribution in [0, 0.1) is 6.92 Å². The Kier molecular flexibility index (Phi) is 4.61. The van der Waals surface area contributed by atoms with Gasteiger partial charge in [-0.15, -0.1) is 0 Å². The van der Waals surface area contributed by atoms with Crippen molar-refractivity contribution < 1.29 is 4.74 Å². The van der Waals surface area contributed by atoms with E-state index < -0.39 is 0 Å². The van der Waals surface area contributed by atoms with E-state index in [1.165, 1.54) is 5.56 Å². The second-order valence-electron chi connectivity index (χ2n) is 7.59. The second kappa shape index (κ2) is 6.94. The van der Waals surface area contributed by atoms with Crippen LogP contribution in [0.4, 0.5) is 0 Å². The van der Waals surface area contributed by atoms with Gasteiger partial charge in [0.1, 0.15) is 6.10 Å². The van der Waals surface area contributed by atoms with E-state index in [1.807, 2.05) is 25.3 Å². The van der Waals surface area contributed by atoms with Crippen molar-refractivity contribution in [2.75, 3.05) is 19.7 Å². The number of ether oxygens (including phenoxy) is 1. The molecule has 1 aliphatic rings. The summed E-state index contributed by atoms with van der Waals surface area (Å²) in [6.45, 7) is 8.58. The predicted octanol–water partition coefficient (Wildman–Crippen LogP) is 3.02. The maximum atomic E-state index is 12.1. The number of pyridine rings is 2. The Hall–Kier alpha value is -2.44. The molecular weight excluding hydrogens is 340 g/mol. The van der Waals surface area contributed by atoms with Gasteiger partial charge in [-0.25, -0.2) is 4.98 Å². The van der Waals surface area contributed by atoms with Crippen LogP contribution in [0.5, 0.6) is 0 Å². The van der Waals surface area contributed by atoms with E-state index in [0.29, 0.717) is 12.5 Å². The van der Waals surface area contributed by atoms with E-state index in [9.17, 15) is 4.79 Å². The van der Waals surface area contributed by atoms with Gasteiger partial charge in [-0.3, -0.25) is 4.79 Å². The molecule has 6 nitrogen and oxygen atoms in total. The quantitative estimate of drug-likeness (QED) is 0.747. The zero-order valence-electron chi connectivity index (χ0n) is 16.3. The standard InChI is InChI=1S/C21H26N4O2/c1-12(2)18-19(14-9-13(3)21(26)25(4)11-14)24-16-6-5-15(23-20(16)18)17-10-22-7-8-27-17/h5-6,9,11-12,17,22,24H,7-8,10H2,1-4H3. The molecule has 3 aromatic rings. The van der Waals surface area contributed by atoms with E-state index in [0.717, 1.165) is 46.6 Å². The van der Waals surface area contributed by atoms with Gasteiger partial charge in [-0.05, 0) is 31.0 Å². The summed E-state index contributed by atoms with van der Waals surface area (Å²) < 4.78 is 7.52. The van der Waals surface area contributed by atoms with Crippen LogP contribution in [0.15, 0.2) is 29.2 Å². The van der Waals surface area contributed by atoms with Gasteiger partial charge >= 0.3 is 0 Å². The van der Waals surface area contributed by atoms with Crippen LogP contribution in [0.3, 0.4) is 0 Å². The molecule has 0 aliphatic carbocycles. The highest BCUT2D eigenvalue weighted by atomic mass is 16.5. The SMILES string of the molecule is Cc1cc(-c2[nH]c3ccc(C4CNCCO4)nc3c2C(C)C)cn(C)c1=O. The summed E-state index contributed by atoms with van der Waals surface area (Å²) in [5.41, 5.74) is 6.93. The number of fused-ring (bicyclic) bond motifs is 1. The Balaban J connectivity index is 1.88. The third-order valence-corrected chi connectivity index (χ3v) is 5.19. The average molecular weight is 366 g/mol. The number of nitrogens with zero attached hydrogens (tertiary/aromatic N) is 2. The second-order valence-corrected chi connectivity index (χ2v) is 7.59. The molecule has 1 atom stereocenters. The highest BCUT2D eigenvalue weighted by Crippen LogP contribution is 2.35. The molecule has 1 saturated heterocycles. The van der Waals surface area contributed by atoms with Gasteiger partial charge in [0, 0.05) is 43.0 Å². The first-order valence-electron chi connectivity index (χ1n) is 9.48. The number of nitrogens with one attached hydrogen (secondary N) is 2. The Morgan fingerprint density at radius 3 is 2.81 bits per heavy atom. The van der Waals surface area contributed by atoms with Crippen LogP contribution < -0.4 is 10.9 Å². The molecule has 27 heavy (non-hydrogen) atoms. The highest BCUT2D eigenvalue weighted by molar-refractivity contribution is 5.88. The van der Waals surface area contributed by atoms with Crippen molar-refractivity contribution in [3.63, 3.8) is 0 Å². The molecule has 1 fully saturated rings. The third kappa shape index (κ3) is 3.19. The number of H-pyrrole nitrogens is 1. The minimum absolute atomic E-state index is 0.0127. The van der Waals surface area contributed by atoms with Crippen molar-refractivity contribution >= 4 is 11.0 Å². The van der Waals surface area contributed by atoms with Gasteiger partial charge in [-0.2, -0.15) is 0 Å². The predicted molar refractivity (Wildman–Crippen MR) is 107 cm³/mol. The number of rotatable bonds is 3. The first-order valence-corrected chi connectivity index (χ1v) is 9.48. The summed E-state index contributed by atoms with van der Waals surface area (Å²) in [4.78, 5) is 20.6. The van der Waals surface area contributed by atoms with Crippen LogP contribution in [0.25, 0.3) is 22.3 Å². The van der Waals surface area contributed by atoms with Crippen molar-refractivity contribution in [2.45, 2.75) is 32.8 Å². The molecule has 3 aromatic heterocycles. The Bertz CT molecular complexity index is 1020. The van der Waals surface area contributed by atoms with Crippen molar-refractivity contribution in [3.8, 4) is 11.3 Å². The molecule has 0 saturated carbocycles. The lowest BCUT2D eigenvalue weighted by Crippen LogP contribution is -2.33. The lowest BCUT2D eigenvalue weighted by atomic mass is 9.98. The fourth-order valence-corrected chi connectivity index (χ4v) is 3.84. The van der Waals surface area contributed by atoms with Crippen LogP contribution >= 0.6 is 0 Å². The zero-order chi connectivity index (χ0) is 19.1. The Morgan fingerprint density at radius 2 is 2.15 bits per heavy atom. The van der Waals surface area contributed by atoms with Gasteiger partial charge in [0.15, 0.2) is 0 Å². The first-order chi connectivity index (χ1) is 13.0. The first kappa shape index (κ1) is 17.9. The van der Waals surface area contributed by atoms with Gasteiger partial charge in [0.25, 0.3) is 5.56 Å². The molecule has 1 aliphatic heterocycles. The molecule has 0 amide bonds. The van der Waals surface area contributed by atoms with Crippen molar-refractivity contribution in [2.24, 2.45) is 7.05 Å². The molecule has 1 unspecified atom stereocenters. The largest absolute Gasteiger partial charge is 0.369 e. The molecule has 142 valence electrons. The maximum Gasteiger partial charge on any atom is 0.253 e. The van der Waals surface area contributed by atoms with Crippen LogP contribution in [0.2, 0.25) is 0 Å². The van der Waals surface area contributed by atoms with Crippen molar-refractivity contribution in [3.05, 3.63) is 51.6 Å². The molecule has 6 heteroatoms. The van der Waals surface area contributed by atoms with E-state index in [4.69, 9.17) is 9.72 Å². The van der Waals surface area contributed by atoms with Gasteiger partial charge in [0.05, 0.1) is 29.0 Å². The number of hydrogen-bond acceptors (Lipinski definition) is 4. The fourth-order valence-electron chi connectivity index (χ4n) is 3.84. The summed E-state index contributed by atoms with van der Waals surface area (Å²) in [7, 11) is 1.79. The van der Waals surface area contributed by atoms with Gasteiger partial charge in [-0.1, -0.05) is 13.8 Å². The number of aromatic nitrogens is 3. The van der Waals surface area contributed by atoms with Crippen molar-refractivity contribution in [1.82, 2.24) is 19.9 Å².